The highest BCUT2D eigenvalue weighted by molar-refractivity contribution is 8.15. The molecule has 2 atom stereocenters. The fourth-order valence-electron chi connectivity index (χ4n) is 2.77. The first-order chi connectivity index (χ1) is 9.27. The van der Waals surface area contributed by atoms with Crippen LogP contribution in [0.2, 0.25) is 0 Å². The number of aliphatic imine (C=N–C) groups is 1. The number of fused-ring (bicyclic) bond motifs is 3. The summed E-state index contributed by atoms with van der Waals surface area (Å²) >= 11 is 1.66. The van der Waals surface area contributed by atoms with Crippen molar-refractivity contribution in [3.63, 3.8) is 0 Å². The van der Waals surface area contributed by atoms with Crippen molar-refractivity contribution in [1.29, 1.82) is 0 Å². The lowest BCUT2D eigenvalue weighted by atomic mass is 10.1. The van der Waals surface area contributed by atoms with Gasteiger partial charge in [-0.1, -0.05) is 36.0 Å². The third kappa shape index (κ3) is 1.57. The summed E-state index contributed by atoms with van der Waals surface area (Å²) in [5.74, 6) is 0. The molecule has 0 spiro atoms. The molecule has 2 heterocycles. The number of benzene rings is 1. The summed E-state index contributed by atoms with van der Waals surface area (Å²) in [7, 11) is 0. The molecule has 1 aromatic heterocycles. The van der Waals surface area contributed by atoms with Gasteiger partial charge >= 0.3 is 0 Å². The van der Waals surface area contributed by atoms with E-state index in [2.05, 4.69) is 16.0 Å². The van der Waals surface area contributed by atoms with E-state index in [4.69, 9.17) is 0 Å². The second kappa shape index (κ2) is 3.92. The molecule has 1 aliphatic carbocycles. The number of nitrogens with zero attached hydrogens (tertiary/aromatic N) is 2. The lowest BCUT2D eigenvalue weighted by Gasteiger charge is -2.19. The summed E-state index contributed by atoms with van der Waals surface area (Å²) in [6.07, 6.45) is 4.38. The largest absolute Gasteiger partial charge is 0.365 e. The standard InChI is InChI=1S/C15H12N2OS/c18-15-12-4-2-1-3-11(12)9-13(15)19-14(17-15)10-5-7-16-8-6-10/h1-8,13,18H,9H2. The molecule has 3 nitrogen and oxygen atoms in total. The van der Waals surface area contributed by atoms with Crippen LogP contribution < -0.4 is 0 Å². The summed E-state index contributed by atoms with van der Waals surface area (Å²) in [5, 5.41) is 11.9. The summed E-state index contributed by atoms with van der Waals surface area (Å²) < 4.78 is 0. The van der Waals surface area contributed by atoms with Crippen LogP contribution in [0.15, 0.2) is 53.8 Å². The van der Waals surface area contributed by atoms with Crippen LogP contribution in [0, 0.1) is 0 Å². The van der Waals surface area contributed by atoms with Crippen molar-refractivity contribution in [2.24, 2.45) is 4.99 Å². The van der Waals surface area contributed by atoms with Crippen molar-refractivity contribution in [2.75, 3.05) is 0 Å². The molecular weight excluding hydrogens is 256 g/mol. The number of thioether (sulfide) groups is 1. The topological polar surface area (TPSA) is 45.5 Å². The number of pyridine rings is 1. The fraction of sp³-hybridized carbons (Fsp3) is 0.200. The predicted octanol–water partition coefficient (Wildman–Crippen LogP) is 2.35. The van der Waals surface area contributed by atoms with Crippen LogP contribution in [-0.2, 0) is 12.1 Å². The molecule has 0 bridgehead atoms. The maximum absolute atomic E-state index is 10.9. The van der Waals surface area contributed by atoms with Gasteiger partial charge in [0, 0.05) is 23.5 Å². The van der Waals surface area contributed by atoms with E-state index in [1.165, 1.54) is 5.56 Å². The highest BCUT2D eigenvalue weighted by Crippen LogP contribution is 2.50. The first-order valence-corrected chi connectivity index (χ1v) is 7.13. The number of aromatic nitrogens is 1. The van der Waals surface area contributed by atoms with E-state index in [0.29, 0.717) is 0 Å². The molecule has 0 saturated heterocycles. The molecule has 1 aliphatic heterocycles. The van der Waals surface area contributed by atoms with Gasteiger partial charge in [0.05, 0.1) is 5.25 Å². The van der Waals surface area contributed by atoms with Gasteiger partial charge in [0.25, 0.3) is 0 Å². The van der Waals surface area contributed by atoms with Crippen molar-refractivity contribution in [3.05, 3.63) is 65.5 Å². The molecule has 94 valence electrons. The Morgan fingerprint density at radius 1 is 1.16 bits per heavy atom. The van der Waals surface area contributed by atoms with Crippen molar-refractivity contribution in [3.8, 4) is 0 Å². The molecule has 4 rings (SSSR count). The monoisotopic (exact) mass is 268 g/mol. The first-order valence-electron chi connectivity index (χ1n) is 6.25. The lowest BCUT2D eigenvalue weighted by molar-refractivity contribution is 0.0580. The van der Waals surface area contributed by atoms with Crippen LogP contribution >= 0.6 is 11.8 Å². The van der Waals surface area contributed by atoms with Crippen LogP contribution in [0.1, 0.15) is 16.7 Å². The third-order valence-electron chi connectivity index (χ3n) is 3.72. The normalized spacial score (nSPS) is 27.8. The molecule has 19 heavy (non-hydrogen) atoms. The summed E-state index contributed by atoms with van der Waals surface area (Å²) in [5.41, 5.74) is 2.14. The van der Waals surface area contributed by atoms with Crippen LogP contribution in [0.4, 0.5) is 0 Å². The molecule has 0 radical (unpaired) electrons. The van der Waals surface area contributed by atoms with Gasteiger partial charge in [-0.2, -0.15) is 0 Å². The zero-order chi connectivity index (χ0) is 12.9. The number of hydrogen-bond acceptors (Lipinski definition) is 4. The van der Waals surface area contributed by atoms with Gasteiger partial charge in [-0.15, -0.1) is 0 Å². The van der Waals surface area contributed by atoms with Gasteiger partial charge < -0.3 is 5.11 Å². The van der Waals surface area contributed by atoms with E-state index in [1.54, 1.807) is 24.2 Å². The van der Waals surface area contributed by atoms with E-state index < -0.39 is 5.72 Å². The maximum Gasteiger partial charge on any atom is 0.196 e. The number of aliphatic hydroxyl groups is 1. The Labute approximate surface area is 115 Å². The minimum absolute atomic E-state index is 0.0908. The number of rotatable bonds is 1. The second-order valence-corrected chi connectivity index (χ2v) is 6.04. The quantitative estimate of drug-likeness (QED) is 0.863. The molecule has 0 saturated carbocycles. The van der Waals surface area contributed by atoms with Crippen molar-refractivity contribution < 1.29 is 5.11 Å². The fourth-order valence-corrected chi connectivity index (χ4v) is 4.11. The molecule has 0 amide bonds. The molecule has 2 aliphatic rings. The van der Waals surface area contributed by atoms with Gasteiger partial charge in [-0.25, -0.2) is 4.99 Å². The maximum atomic E-state index is 10.9. The van der Waals surface area contributed by atoms with E-state index in [0.717, 1.165) is 22.6 Å². The first kappa shape index (κ1) is 11.2. The van der Waals surface area contributed by atoms with Gasteiger partial charge in [-0.3, -0.25) is 4.98 Å². The summed E-state index contributed by atoms with van der Waals surface area (Å²) in [6, 6.07) is 11.9. The van der Waals surface area contributed by atoms with E-state index in [-0.39, 0.29) is 5.25 Å². The molecule has 4 heteroatoms. The Hall–Kier alpha value is -1.65. The SMILES string of the molecule is OC12N=C(c3ccncc3)SC1Cc1ccccc12. The molecule has 1 aromatic carbocycles. The van der Waals surface area contributed by atoms with E-state index >= 15 is 0 Å². The zero-order valence-corrected chi connectivity index (χ0v) is 11.0. The highest BCUT2D eigenvalue weighted by atomic mass is 32.2. The Balaban J connectivity index is 1.81. The predicted molar refractivity (Wildman–Crippen MR) is 76.2 cm³/mol. The highest BCUT2D eigenvalue weighted by Gasteiger charge is 2.50. The molecular formula is C15H12N2OS. The van der Waals surface area contributed by atoms with Crippen LogP contribution in [-0.4, -0.2) is 20.4 Å². The van der Waals surface area contributed by atoms with E-state index in [1.807, 2.05) is 30.3 Å². The minimum Gasteiger partial charge on any atom is -0.365 e. The molecule has 1 N–H and O–H groups in total. The average molecular weight is 268 g/mol. The van der Waals surface area contributed by atoms with Gasteiger partial charge in [0.1, 0.15) is 5.04 Å². The summed E-state index contributed by atoms with van der Waals surface area (Å²) in [4.78, 5) is 8.62. The Kier molecular flexibility index (Phi) is 2.31. The van der Waals surface area contributed by atoms with E-state index in [9.17, 15) is 5.11 Å². The molecule has 2 unspecified atom stereocenters. The summed E-state index contributed by atoms with van der Waals surface area (Å²) in [6.45, 7) is 0. The number of hydrogen-bond donors (Lipinski definition) is 1. The zero-order valence-electron chi connectivity index (χ0n) is 10.2. The van der Waals surface area contributed by atoms with Crippen LogP contribution in [0.5, 0.6) is 0 Å². The lowest BCUT2D eigenvalue weighted by Crippen LogP contribution is -2.27. The Morgan fingerprint density at radius 2 is 1.95 bits per heavy atom. The smallest absolute Gasteiger partial charge is 0.196 e. The third-order valence-corrected chi connectivity index (χ3v) is 5.05. The minimum atomic E-state index is -1.06. The van der Waals surface area contributed by atoms with Gasteiger partial charge in [0.2, 0.25) is 0 Å². The molecule has 0 fully saturated rings. The molecule has 2 aromatic rings. The van der Waals surface area contributed by atoms with Crippen molar-refractivity contribution in [1.82, 2.24) is 4.98 Å². The van der Waals surface area contributed by atoms with Crippen LogP contribution in [0.25, 0.3) is 0 Å². The Morgan fingerprint density at radius 3 is 2.79 bits per heavy atom. The van der Waals surface area contributed by atoms with Gasteiger partial charge in [0.15, 0.2) is 5.72 Å². The average Bonchev–Trinajstić information content (AvgIpc) is 2.91. The second-order valence-electron chi connectivity index (χ2n) is 4.85. The van der Waals surface area contributed by atoms with Crippen LogP contribution in [0.3, 0.4) is 0 Å². The van der Waals surface area contributed by atoms with Crippen molar-refractivity contribution in [2.45, 2.75) is 17.4 Å². The Bertz CT molecular complexity index is 671. The van der Waals surface area contributed by atoms with Gasteiger partial charge in [-0.05, 0) is 24.1 Å². The van der Waals surface area contributed by atoms with Crippen molar-refractivity contribution >= 4 is 16.8 Å².